The SMILES string of the molecule is CCNC(=NCCS(=O)c1ccccc1)NC(C)c1cccs1.I. The van der Waals surface area contributed by atoms with Gasteiger partial charge in [0.05, 0.1) is 23.4 Å². The van der Waals surface area contributed by atoms with Crippen molar-refractivity contribution in [1.29, 1.82) is 0 Å². The fourth-order valence-electron chi connectivity index (χ4n) is 2.06. The molecule has 7 heteroatoms. The van der Waals surface area contributed by atoms with Crippen LogP contribution >= 0.6 is 35.3 Å². The van der Waals surface area contributed by atoms with E-state index in [4.69, 9.17) is 0 Å². The Morgan fingerprint density at radius 2 is 2.00 bits per heavy atom. The van der Waals surface area contributed by atoms with Crippen LogP contribution in [0.15, 0.2) is 57.7 Å². The van der Waals surface area contributed by atoms with Crippen LogP contribution in [0.3, 0.4) is 0 Å². The Kier molecular flexibility index (Phi) is 10.2. The Hall–Kier alpha value is -0.930. The highest BCUT2D eigenvalue weighted by molar-refractivity contribution is 14.0. The molecule has 2 rings (SSSR count). The quantitative estimate of drug-likeness (QED) is 0.363. The molecular weight excluding hydrogens is 453 g/mol. The molecule has 0 amide bonds. The number of rotatable bonds is 7. The first kappa shape index (κ1) is 21.1. The second kappa shape index (κ2) is 11.6. The van der Waals surface area contributed by atoms with E-state index in [1.807, 2.05) is 43.3 Å². The molecule has 0 bridgehead atoms. The molecule has 0 radical (unpaired) electrons. The van der Waals surface area contributed by atoms with E-state index < -0.39 is 10.8 Å². The molecule has 0 aliphatic rings. The van der Waals surface area contributed by atoms with Gasteiger partial charge in [0.2, 0.25) is 0 Å². The van der Waals surface area contributed by atoms with E-state index >= 15 is 0 Å². The van der Waals surface area contributed by atoms with Crippen LogP contribution in [0, 0.1) is 0 Å². The highest BCUT2D eigenvalue weighted by Gasteiger charge is 2.08. The minimum Gasteiger partial charge on any atom is -0.357 e. The Balaban J connectivity index is 0.00000288. The summed E-state index contributed by atoms with van der Waals surface area (Å²) in [7, 11) is -1.01. The van der Waals surface area contributed by atoms with Crippen molar-refractivity contribution in [3.63, 3.8) is 0 Å². The third-order valence-electron chi connectivity index (χ3n) is 3.22. The van der Waals surface area contributed by atoms with Gasteiger partial charge in [-0.25, -0.2) is 0 Å². The molecule has 0 saturated heterocycles. The Bertz CT molecular complexity index is 633. The van der Waals surface area contributed by atoms with Gasteiger partial charge in [0.15, 0.2) is 5.96 Å². The molecule has 1 aromatic carbocycles. The monoisotopic (exact) mass is 477 g/mol. The van der Waals surface area contributed by atoms with Crippen LogP contribution in [0.4, 0.5) is 0 Å². The number of nitrogens with zero attached hydrogens (tertiary/aromatic N) is 1. The summed E-state index contributed by atoms with van der Waals surface area (Å²) in [6, 6.07) is 13.9. The number of aliphatic imine (C=N–C) groups is 1. The van der Waals surface area contributed by atoms with Crippen LogP contribution in [0.2, 0.25) is 0 Å². The van der Waals surface area contributed by atoms with Gasteiger partial charge in [-0.2, -0.15) is 0 Å². The van der Waals surface area contributed by atoms with Gasteiger partial charge in [-0.05, 0) is 37.4 Å². The van der Waals surface area contributed by atoms with Crippen molar-refractivity contribution in [2.45, 2.75) is 24.8 Å². The van der Waals surface area contributed by atoms with E-state index in [9.17, 15) is 4.21 Å². The summed E-state index contributed by atoms with van der Waals surface area (Å²) in [6.45, 7) is 5.47. The maximum Gasteiger partial charge on any atom is 0.191 e. The molecule has 24 heavy (non-hydrogen) atoms. The lowest BCUT2D eigenvalue weighted by Crippen LogP contribution is -2.38. The predicted molar refractivity (Wildman–Crippen MR) is 115 cm³/mol. The van der Waals surface area contributed by atoms with Crippen LogP contribution in [0.25, 0.3) is 0 Å². The summed E-state index contributed by atoms with van der Waals surface area (Å²) in [6.07, 6.45) is 0. The lowest BCUT2D eigenvalue weighted by atomic mass is 10.3. The maximum atomic E-state index is 12.2. The van der Waals surface area contributed by atoms with Crippen molar-refractivity contribution in [2.24, 2.45) is 4.99 Å². The first-order valence-electron chi connectivity index (χ1n) is 7.72. The fourth-order valence-corrected chi connectivity index (χ4v) is 3.75. The van der Waals surface area contributed by atoms with E-state index in [0.29, 0.717) is 12.3 Å². The van der Waals surface area contributed by atoms with Crippen molar-refractivity contribution in [3.8, 4) is 0 Å². The molecule has 1 aromatic heterocycles. The van der Waals surface area contributed by atoms with Crippen LogP contribution < -0.4 is 10.6 Å². The number of hydrogen-bond acceptors (Lipinski definition) is 3. The molecule has 2 atom stereocenters. The summed E-state index contributed by atoms with van der Waals surface area (Å²) in [5.74, 6) is 1.28. The summed E-state index contributed by atoms with van der Waals surface area (Å²) in [5.41, 5.74) is 0. The average Bonchev–Trinajstić information content (AvgIpc) is 3.10. The molecule has 0 aliphatic carbocycles. The van der Waals surface area contributed by atoms with Crippen molar-refractivity contribution in [2.75, 3.05) is 18.8 Å². The van der Waals surface area contributed by atoms with Gasteiger partial charge in [0, 0.05) is 22.1 Å². The van der Waals surface area contributed by atoms with Crippen LogP contribution in [0.5, 0.6) is 0 Å². The third kappa shape index (κ3) is 6.90. The summed E-state index contributed by atoms with van der Waals surface area (Å²) < 4.78 is 12.2. The first-order valence-corrected chi connectivity index (χ1v) is 9.92. The predicted octanol–water partition coefficient (Wildman–Crippen LogP) is 3.79. The molecule has 0 fully saturated rings. The molecule has 0 aliphatic heterocycles. The number of halogens is 1. The van der Waals surface area contributed by atoms with E-state index in [0.717, 1.165) is 17.4 Å². The number of thiophene rings is 1. The van der Waals surface area contributed by atoms with E-state index in [2.05, 4.69) is 34.0 Å². The van der Waals surface area contributed by atoms with Gasteiger partial charge >= 0.3 is 0 Å². The summed E-state index contributed by atoms with van der Waals surface area (Å²) in [5, 5.41) is 8.69. The number of hydrogen-bond donors (Lipinski definition) is 2. The number of guanidine groups is 1. The smallest absolute Gasteiger partial charge is 0.191 e. The van der Waals surface area contributed by atoms with Crippen LogP contribution in [0.1, 0.15) is 24.8 Å². The standard InChI is InChI=1S/C17H23N3OS2.HI/c1-3-18-17(20-14(2)16-10-7-12-22-16)19-11-13-23(21)15-8-5-4-6-9-15;/h4-10,12,14H,3,11,13H2,1-2H3,(H2,18,19,20);1H. The highest BCUT2D eigenvalue weighted by atomic mass is 127. The van der Waals surface area contributed by atoms with E-state index in [1.54, 1.807) is 11.3 Å². The zero-order chi connectivity index (χ0) is 16.5. The van der Waals surface area contributed by atoms with Gasteiger partial charge in [-0.3, -0.25) is 9.20 Å². The lowest BCUT2D eigenvalue weighted by molar-refractivity contribution is 0.681. The van der Waals surface area contributed by atoms with Crippen molar-refractivity contribution in [1.82, 2.24) is 10.6 Å². The van der Waals surface area contributed by atoms with E-state index in [1.165, 1.54) is 4.88 Å². The largest absolute Gasteiger partial charge is 0.357 e. The van der Waals surface area contributed by atoms with Gasteiger partial charge in [-0.15, -0.1) is 35.3 Å². The van der Waals surface area contributed by atoms with Gasteiger partial charge in [-0.1, -0.05) is 24.3 Å². The lowest BCUT2D eigenvalue weighted by Gasteiger charge is -2.16. The maximum absolute atomic E-state index is 12.2. The van der Waals surface area contributed by atoms with Crippen molar-refractivity contribution < 1.29 is 4.21 Å². The minimum absolute atomic E-state index is 0. The molecular formula is C17H24IN3OS2. The third-order valence-corrected chi connectivity index (χ3v) is 5.63. The molecule has 0 spiro atoms. The van der Waals surface area contributed by atoms with E-state index in [-0.39, 0.29) is 30.0 Å². The normalized spacial score (nSPS) is 13.7. The Labute approximate surface area is 167 Å². The Morgan fingerprint density at radius 1 is 1.25 bits per heavy atom. The Morgan fingerprint density at radius 3 is 2.62 bits per heavy atom. The molecule has 132 valence electrons. The molecule has 1 heterocycles. The second-order valence-electron chi connectivity index (χ2n) is 5.00. The minimum atomic E-state index is -1.01. The van der Waals surface area contributed by atoms with Crippen LogP contribution in [-0.4, -0.2) is 29.0 Å². The topological polar surface area (TPSA) is 53.5 Å². The second-order valence-corrected chi connectivity index (χ2v) is 7.55. The van der Waals surface area contributed by atoms with Gasteiger partial charge in [0.25, 0.3) is 0 Å². The van der Waals surface area contributed by atoms with Crippen molar-refractivity contribution in [3.05, 3.63) is 52.7 Å². The highest BCUT2D eigenvalue weighted by Crippen LogP contribution is 2.17. The number of nitrogens with one attached hydrogen (secondary N) is 2. The molecule has 4 nitrogen and oxygen atoms in total. The average molecular weight is 477 g/mol. The molecule has 2 aromatic rings. The zero-order valence-electron chi connectivity index (χ0n) is 13.9. The number of benzene rings is 1. The molecule has 2 N–H and O–H groups in total. The molecule has 0 saturated carbocycles. The molecule has 2 unspecified atom stereocenters. The zero-order valence-corrected chi connectivity index (χ0v) is 17.9. The summed E-state index contributed by atoms with van der Waals surface area (Å²) in [4.78, 5) is 6.66. The summed E-state index contributed by atoms with van der Waals surface area (Å²) >= 11 is 1.72. The van der Waals surface area contributed by atoms with Gasteiger partial charge in [0.1, 0.15) is 0 Å². The van der Waals surface area contributed by atoms with Crippen molar-refractivity contribution >= 4 is 52.1 Å². The van der Waals surface area contributed by atoms with Crippen LogP contribution in [-0.2, 0) is 10.8 Å². The van der Waals surface area contributed by atoms with Gasteiger partial charge < -0.3 is 10.6 Å². The fraction of sp³-hybridized carbons (Fsp3) is 0.353. The first-order chi connectivity index (χ1) is 11.2.